The molecule has 1 saturated carbocycles. The molecule has 1 aromatic rings. The van der Waals surface area contributed by atoms with Crippen molar-refractivity contribution in [1.82, 2.24) is 4.98 Å². The second-order valence-electron chi connectivity index (χ2n) is 4.88. The highest BCUT2D eigenvalue weighted by Gasteiger charge is 2.37. The van der Waals surface area contributed by atoms with Crippen LogP contribution in [-0.4, -0.2) is 23.0 Å². The van der Waals surface area contributed by atoms with Gasteiger partial charge in [-0.2, -0.15) is 0 Å². The van der Waals surface area contributed by atoms with Crippen LogP contribution in [0.15, 0.2) is 18.5 Å². The fourth-order valence-electron chi connectivity index (χ4n) is 3.08. The number of anilines is 2. The van der Waals surface area contributed by atoms with E-state index in [4.69, 9.17) is 0 Å². The van der Waals surface area contributed by atoms with Gasteiger partial charge in [-0.15, -0.1) is 0 Å². The van der Waals surface area contributed by atoms with Gasteiger partial charge in [-0.3, -0.25) is 9.78 Å². The minimum Gasteiger partial charge on any atom is -0.377 e. The highest BCUT2D eigenvalue weighted by atomic mass is 16.2. The number of carbonyl (C=O) groups excluding carboxylic acids is 1. The van der Waals surface area contributed by atoms with E-state index in [0.29, 0.717) is 12.1 Å². The zero-order chi connectivity index (χ0) is 11.8. The molecule has 2 unspecified atom stereocenters. The first kappa shape index (κ1) is 10.6. The third-order valence-electron chi connectivity index (χ3n) is 3.80. The summed E-state index contributed by atoms with van der Waals surface area (Å²) in [5.74, 6) is 0.135. The van der Waals surface area contributed by atoms with Crippen LogP contribution in [0.1, 0.15) is 32.6 Å². The SMILES string of the molecule is CC(=O)N1c2ccncc2NC2CCCCC21. The van der Waals surface area contributed by atoms with E-state index >= 15 is 0 Å². The molecule has 2 heterocycles. The van der Waals surface area contributed by atoms with Crippen molar-refractivity contribution in [1.29, 1.82) is 0 Å². The van der Waals surface area contributed by atoms with Gasteiger partial charge in [-0.25, -0.2) is 0 Å². The minimum absolute atomic E-state index is 0.135. The Morgan fingerprint density at radius 2 is 2.29 bits per heavy atom. The van der Waals surface area contributed by atoms with Crippen molar-refractivity contribution in [2.24, 2.45) is 0 Å². The summed E-state index contributed by atoms with van der Waals surface area (Å²) in [6.07, 6.45) is 8.26. The van der Waals surface area contributed by atoms with Gasteiger partial charge >= 0.3 is 0 Å². The van der Waals surface area contributed by atoms with E-state index in [1.807, 2.05) is 17.2 Å². The van der Waals surface area contributed by atoms with E-state index < -0.39 is 0 Å². The Kier molecular flexibility index (Phi) is 2.50. The van der Waals surface area contributed by atoms with Crippen LogP contribution in [0.2, 0.25) is 0 Å². The van der Waals surface area contributed by atoms with E-state index in [1.165, 1.54) is 12.8 Å². The van der Waals surface area contributed by atoms with Crippen LogP contribution < -0.4 is 10.2 Å². The molecule has 1 amide bonds. The van der Waals surface area contributed by atoms with Crippen molar-refractivity contribution >= 4 is 17.3 Å². The lowest BCUT2D eigenvalue weighted by atomic mass is 9.87. The molecule has 1 aliphatic heterocycles. The smallest absolute Gasteiger partial charge is 0.224 e. The summed E-state index contributed by atoms with van der Waals surface area (Å²) in [6.45, 7) is 1.65. The van der Waals surface area contributed by atoms with Crippen LogP contribution in [0.4, 0.5) is 11.4 Å². The Labute approximate surface area is 101 Å². The average Bonchev–Trinajstić information content (AvgIpc) is 2.35. The fourth-order valence-corrected chi connectivity index (χ4v) is 3.08. The van der Waals surface area contributed by atoms with Gasteiger partial charge in [0, 0.05) is 19.2 Å². The lowest BCUT2D eigenvalue weighted by Gasteiger charge is -2.45. The van der Waals surface area contributed by atoms with Crippen LogP contribution in [0.3, 0.4) is 0 Å². The van der Waals surface area contributed by atoms with Crippen LogP contribution in [0.25, 0.3) is 0 Å². The van der Waals surface area contributed by atoms with Crippen molar-refractivity contribution in [3.8, 4) is 0 Å². The summed E-state index contributed by atoms with van der Waals surface area (Å²) in [4.78, 5) is 18.0. The Balaban J connectivity index is 2.05. The molecule has 1 aromatic heterocycles. The number of nitrogens with one attached hydrogen (secondary N) is 1. The molecule has 2 aliphatic rings. The predicted octanol–water partition coefficient (Wildman–Crippen LogP) is 2.17. The Morgan fingerprint density at radius 1 is 1.47 bits per heavy atom. The highest BCUT2D eigenvalue weighted by Crippen LogP contribution is 2.38. The van der Waals surface area contributed by atoms with Gasteiger partial charge < -0.3 is 10.2 Å². The quantitative estimate of drug-likeness (QED) is 0.744. The molecule has 0 radical (unpaired) electrons. The summed E-state index contributed by atoms with van der Waals surface area (Å²) >= 11 is 0. The number of amides is 1. The number of hydrogen-bond donors (Lipinski definition) is 1. The van der Waals surface area contributed by atoms with Crippen molar-refractivity contribution in [2.45, 2.75) is 44.7 Å². The van der Waals surface area contributed by atoms with Crippen LogP contribution in [0, 0.1) is 0 Å². The van der Waals surface area contributed by atoms with Gasteiger partial charge in [0.1, 0.15) is 0 Å². The van der Waals surface area contributed by atoms with Crippen LogP contribution in [0.5, 0.6) is 0 Å². The average molecular weight is 231 g/mol. The molecule has 3 rings (SSSR count). The van der Waals surface area contributed by atoms with E-state index in [2.05, 4.69) is 10.3 Å². The van der Waals surface area contributed by atoms with Gasteiger partial charge in [0.15, 0.2) is 0 Å². The van der Waals surface area contributed by atoms with Crippen molar-refractivity contribution < 1.29 is 4.79 Å². The number of nitrogens with zero attached hydrogens (tertiary/aromatic N) is 2. The summed E-state index contributed by atoms with van der Waals surface area (Å²) in [7, 11) is 0. The van der Waals surface area contributed by atoms with Crippen molar-refractivity contribution in [2.75, 3.05) is 10.2 Å². The maximum absolute atomic E-state index is 11.9. The molecule has 1 aliphatic carbocycles. The van der Waals surface area contributed by atoms with Crippen molar-refractivity contribution in [3.05, 3.63) is 18.5 Å². The number of carbonyl (C=O) groups is 1. The lowest BCUT2D eigenvalue weighted by molar-refractivity contribution is -0.117. The largest absolute Gasteiger partial charge is 0.377 e. The molecular weight excluding hydrogens is 214 g/mol. The molecule has 1 N–H and O–H groups in total. The molecule has 90 valence electrons. The molecular formula is C13H17N3O. The molecule has 1 fully saturated rings. The van der Waals surface area contributed by atoms with Crippen LogP contribution >= 0.6 is 0 Å². The highest BCUT2D eigenvalue weighted by molar-refractivity contribution is 5.97. The van der Waals surface area contributed by atoms with Gasteiger partial charge in [0.2, 0.25) is 5.91 Å². The van der Waals surface area contributed by atoms with Gasteiger partial charge in [-0.05, 0) is 18.9 Å². The molecule has 0 saturated heterocycles. The summed E-state index contributed by atoms with van der Waals surface area (Å²) in [5.41, 5.74) is 1.97. The summed E-state index contributed by atoms with van der Waals surface area (Å²) in [6, 6.07) is 2.63. The zero-order valence-corrected chi connectivity index (χ0v) is 10.0. The topological polar surface area (TPSA) is 45.2 Å². The third-order valence-corrected chi connectivity index (χ3v) is 3.80. The Hall–Kier alpha value is -1.58. The molecule has 0 bridgehead atoms. The van der Waals surface area contributed by atoms with E-state index in [9.17, 15) is 4.79 Å². The molecule has 17 heavy (non-hydrogen) atoms. The second kappa shape index (κ2) is 4.02. The van der Waals surface area contributed by atoms with Gasteiger partial charge in [0.05, 0.1) is 23.6 Å². The van der Waals surface area contributed by atoms with E-state index in [-0.39, 0.29) is 5.91 Å². The van der Waals surface area contributed by atoms with Gasteiger partial charge in [-0.1, -0.05) is 12.8 Å². The maximum atomic E-state index is 11.9. The first-order chi connectivity index (χ1) is 8.27. The molecule has 4 heteroatoms. The van der Waals surface area contributed by atoms with Crippen molar-refractivity contribution in [3.63, 3.8) is 0 Å². The monoisotopic (exact) mass is 231 g/mol. The number of hydrogen-bond acceptors (Lipinski definition) is 3. The normalized spacial score (nSPS) is 26.8. The zero-order valence-electron chi connectivity index (χ0n) is 10.0. The third kappa shape index (κ3) is 1.68. The fraction of sp³-hybridized carbons (Fsp3) is 0.538. The molecule has 0 aromatic carbocycles. The lowest BCUT2D eigenvalue weighted by Crippen LogP contribution is -2.54. The maximum Gasteiger partial charge on any atom is 0.224 e. The minimum atomic E-state index is 0.135. The number of aromatic nitrogens is 1. The van der Waals surface area contributed by atoms with E-state index in [1.54, 1.807) is 13.1 Å². The summed E-state index contributed by atoms with van der Waals surface area (Å²) < 4.78 is 0. The first-order valence-corrected chi connectivity index (χ1v) is 6.28. The molecule has 0 spiro atoms. The Bertz CT molecular complexity index is 446. The van der Waals surface area contributed by atoms with Crippen LogP contribution in [-0.2, 0) is 4.79 Å². The molecule has 4 nitrogen and oxygen atoms in total. The van der Waals surface area contributed by atoms with Gasteiger partial charge in [0.25, 0.3) is 0 Å². The number of fused-ring (bicyclic) bond motifs is 2. The number of rotatable bonds is 0. The standard InChI is InChI=1S/C13H17N3O/c1-9(17)16-12-5-3-2-4-10(12)15-11-8-14-7-6-13(11)16/h6-8,10,12,15H,2-5H2,1H3. The predicted molar refractivity (Wildman–Crippen MR) is 67.1 cm³/mol. The second-order valence-corrected chi connectivity index (χ2v) is 4.88. The Morgan fingerprint density at radius 3 is 3.12 bits per heavy atom. The van der Waals surface area contributed by atoms with E-state index in [0.717, 1.165) is 24.2 Å². The first-order valence-electron chi connectivity index (χ1n) is 6.28. The number of pyridine rings is 1. The molecule has 2 atom stereocenters. The summed E-state index contributed by atoms with van der Waals surface area (Å²) in [5, 5.41) is 3.53.